The van der Waals surface area contributed by atoms with Gasteiger partial charge in [-0.2, -0.15) is 0 Å². The Labute approximate surface area is 65.4 Å². The van der Waals surface area contributed by atoms with Crippen molar-refractivity contribution < 1.29 is 0 Å². The smallest absolute Gasteiger partial charge is 0.0914 e. The first-order chi connectivity index (χ1) is 5.36. The standard InChI is InChI=1S/C8H9N3/c1-11-5-8-7(10-6-11)3-2-4-9-8/h2-4,6H,5H2,1H3. The Hall–Kier alpha value is -1.38. The van der Waals surface area contributed by atoms with Crippen LogP contribution in [0.1, 0.15) is 5.69 Å². The fraction of sp³-hybridized carbons (Fsp3) is 0.250. The van der Waals surface area contributed by atoms with Gasteiger partial charge in [-0.1, -0.05) is 0 Å². The minimum absolute atomic E-state index is 0.861. The molecule has 0 unspecified atom stereocenters. The van der Waals surface area contributed by atoms with Gasteiger partial charge in [0.2, 0.25) is 0 Å². The lowest BCUT2D eigenvalue weighted by molar-refractivity contribution is 0.500. The lowest BCUT2D eigenvalue weighted by Crippen LogP contribution is -2.19. The number of rotatable bonds is 0. The Morgan fingerprint density at radius 2 is 2.45 bits per heavy atom. The molecule has 56 valence electrons. The summed E-state index contributed by atoms with van der Waals surface area (Å²) in [5.41, 5.74) is 2.04. The monoisotopic (exact) mass is 147 g/mol. The quantitative estimate of drug-likeness (QED) is 0.551. The molecule has 0 atom stereocenters. The fourth-order valence-electron chi connectivity index (χ4n) is 1.11. The van der Waals surface area contributed by atoms with Crippen molar-refractivity contribution in [1.82, 2.24) is 9.88 Å². The third-order valence-corrected chi connectivity index (χ3v) is 1.66. The summed E-state index contributed by atoms with van der Waals surface area (Å²) in [6.45, 7) is 0.861. The van der Waals surface area contributed by atoms with Crippen LogP contribution in [0.3, 0.4) is 0 Å². The molecule has 2 heterocycles. The van der Waals surface area contributed by atoms with E-state index < -0.39 is 0 Å². The van der Waals surface area contributed by atoms with E-state index >= 15 is 0 Å². The minimum Gasteiger partial charge on any atom is -0.360 e. The molecule has 0 radical (unpaired) electrons. The fourth-order valence-corrected chi connectivity index (χ4v) is 1.11. The van der Waals surface area contributed by atoms with Gasteiger partial charge < -0.3 is 4.90 Å². The zero-order valence-corrected chi connectivity index (χ0v) is 6.36. The molecule has 2 rings (SSSR count). The van der Waals surface area contributed by atoms with E-state index in [-0.39, 0.29) is 0 Å². The highest BCUT2D eigenvalue weighted by Crippen LogP contribution is 2.19. The lowest BCUT2D eigenvalue weighted by atomic mass is 10.2. The van der Waals surface area contributed by atoms with Crippen molar-refractivity contribution in [3.8, 4) is 0 Å². The van der Waals surface area contributed by atoms with Crippen LogP contribution in [-0.2, 0) is 6.54 Å². The van der Waals surface area contributed by atoms with E-state index in [9.17, 15) is 0 Å². The molecule has 1 aromatic rings. The molecule has 1 aromatic heterocycles. The van der Waals surface area contributed by atoms with Crippen molar-refractivity contribution >= 4 is 12.0 Å². The van der Waals surface area contributed by atoms with Crippen LogP contribution in [0.2, 0.25) is 0 Å². The lowest BCUT2D eigenvalue weighted by Gasteiger charge is -2.17. The second kappa shape index (κ2) is 2.34. The van der Waals surface area contributed by atoms with Gasteiger partial charge in [0.25, 0.3) is 0 Å². The van der Waals surface area contributed by atoms with E-state index in [0.717, 1.165) is 17.9 Å². The van der Waals surface area contributed by atoms with E-state index in [1.807, 2.05) is 30.4 Å². The molecule has 1 aliphatic heterocycles. The summed E-state index contributed by atoms with van der Waals surface area (Å²) < 4.78 is 0. The molecule has 11 heavy (non-hydrogen) atoms. The molecule has 1 aliphatic rings. The maximum absolute atomic E-state index is 4.21. The summed E-state index contributed by atoms with van der Waals surface area (Å²) >= 11 is 0. The van der Waals surface area contributed by atoms with Gasteiger partial charge in [0.05, 0.1) is 24.3 Å². The number of nitrogens with zero attached hydrogens (tertiary/aromatic N) is 3. The Bertz CT molecular complexity index is 293. The van der Waals surface area contributed by atoms with Crippen LogP contribution in [0.15, 0.2) is 23.3 Å². The number of aliphatic imine (C=N–C) groups is 1. The van der Waals surface area contributed by atoms with Gasteiger partial charge in [0, 0.05) is 13.2 Å². The molecule has 0 aliphatic carbocycles. The summed E-state index contributed by atoms with van der Waals surface area (Å²) in [6, 6.07) is 3.88. The predicted molar refractivity (Wildman–Crippen MR) is 43.9 cm³/mol. The van der Waals surface area contributed by atoms with Gasteiger partial charge in [-0.15, -0.1) is 0 Å². The Kier molecular flexibility index (Phi) is 1.35. The third kappa shape index (κ3) is 1.09. The van der Waals surface area contributed by atoms with E-state index in [4.69, 9.17) is 0 Å². The summed E-state index contributed by atoms with van der Waals surface area (Å²) in [4.78, 5) is 10.4. The Balaban J connectivity index is 2.46. The number of fused-ring (bicyclic) bond motifs is 1. The van der Waals surface area contributed by atoms with Crippen LogP contribution >= 0.6 is 0 Å². The van der Waals surface area contributed by atoms with Gasteiger partial charge in [0.15, 0.2) is 0 Å². The van der Waals surface area contributed by atoms with Crippen LogP contribution < -0.4 is 0 Å². The first kappa shape index (κ1) is 6.34. The van der Waals surface area contributed by atoms with Crippen LogP contribution in [-0.4, -0.2) is 23.3 Å². The Morgan fingerprint density at radius 3 is 3.36 bits per heavy atom. The van der Waals surface area contributed by atoms with Crippen LogP contribution in [0, 0.1) is 0 Å². The highest BCUT2D eigenvalue weighted by atomic mass is 15.2. The van der Waals surface area contributed by atoms with Crippen molar-refractivity contribution in [2.24, 2.45) is 4.99 Å². The average Bonchev–Trinajstić information content (AvgIpc) is 2.04. The van der Waals surface area contributed by atoms with Crippen molar-refractivity contribution in [3.63, 3.8) is 0 Å². The topological polar surface area (TPSA) is 28.5 Å². The van der Waals surface area contributed by atoms with Crippen molar-refractivity contribution in [2.45, 2.75) is 6.54 Å². The second-order valence-electron chi connectivity index (χ2n) is 2.63. The highest BCUT2D eigenvalue weighted by Gasteiger charge is 2.07. The molecule has 0 amide bonds. The molecule has 0 fully saturated rings. The van der Waals surface area contributed by atoms with Crippen LogP contribution in [0.5, 0.6) is 0 Å². The molecule has 0 bridgehead atoms. The zero-order chi connectivity index (χ0) is 7.68. The molecule has 0 N–H and O–H groups in total. The van der Waals surface area contributed by atoms with Crippen LogP contribution in [0.4, 0.5) is 5.69 Å². The van der Waals surface area contributed by atoms with Gasteiger partial charge in [-0.25, -0.2) is 4.99 Å². The molecule has 0 spiro atoms. The van der Waals surface area contributed by atoms with Crippen LogP contribution in [0.25, 0.3) is 0 Å². The summed E-state index contributed by atoms with van der Waals surface area (Å²) in [5, 5.41) is 0. The first-order valence-electron chi connectivity index (χ1n) is 3.54. The first-order valence-corrected chi connectivity index (χ1v) is 3.54. The van der Waals surface area contributed by atoms with Gasteiger partial charge in [-0.3, -0.25) is 4.98 Å². The maximum atomic E-state index is 4.21. The molecular formula is C8H9N3. The van der Waals surface area contributed by atoms with Gasteiger partial charge in [0.1, 0.15) is 0 Å². The number of hydrogen-bond acceptors (Lipinski definition) is 3. The van der Waals surface area contributed by atoms with Crippen molar-refractivity contribution in [3.05, 3.63) is 24.0 Å². The average molecular weight is 147 g/mol. The Morgan fingerprint density at radius 1 is 1.55 bits per heavy atom. The number of pyridine rings is 1. The normalized spacial score (nSPS) is 14.8. The molecule has 3 nitrogen and oxygen atoms in total. The molecule has 0 saturated carbocycles. The molecule has 0 aromatic carbocycles. The van der Waals surface area contributed by atoms with Gasteiger partial charge in [-0.05, 0) is 12.1 Å². The summed E-state index contributed by atoms with van der Waals surface area (Å²) in [5.74, 6) is 0. The molecule has 3 heteroatoms. The van der Waals surface area contributed by atoms with E-state index in [2.05, 4.69) is 9.98 Å². The third-order valence-electron chi connectivity index (χ3n) is 1.66. The minimum atomic E-state index is 0.861. The summed E-state index contributed by atoms with van der Waals surface area (Å²) in [7, 11) is 1.99. The summed E-state index contributed by atoms with van der Waals surface area (Å²) in [6.07, 6.45) is 3.62. The highest BCUT2D eigenvalue weighted by molar-refractivity contribution is 5.65. The SMILES string of the molecule is CN1C=Nc2cccnc2C1. The van der Waals surface area contributed by atoms with E-state index in [1.54, 1.807) is 6.20 Å². The van der Waals surface area contributed by atoms with E-state index in [0.29, 0.717) is 0 Å². The second-order valence-corrected chi connectivity index (χ2v) is 2.63. The van der Waals surface area contributed by atoms with Crippen molar-refractivity contribution in [2.75, 3.05) is 7.05 Å². The molecule has 0 saturated heterocycles. The zero-order valence-electron chi connectivity index (χ0n) is 6.36. The van der Waals surface area contributed by atoms with Crippen molar-refractivity contribution in [1.29, 1.82) is 0 Å². The molecular weight excluding hydrogens is 138 g/mol. The number of aromatic nitrogens is 1. The maximum Gasteiger partial charge on any atom is 0.0914 e. The van der Waals surface area contributed by atoms with E-state index in [1.165, 1.54) is 0 Å². The largest absolute Gasteiger partial charge is 0.360 e. The number of hydrogen-bond donors (Lipinski definition) is 0. The van der Waals surface area contributed by atoms with Gasteiger partial charge >= 0.3 is 0 Å². The predicted octanol–water partition coefficient (Wildman–Crippen LogP) is 1.19.